The van der Waals surface area contributed by atoms with E-state index in [1.54, 1.807) is 7.11 Å². The summed E-state index contributed by atoms with van der Waals surface area (Å²) in [5.41, 5.74) is 1.10. The second-order valence-corrected chi connectivity index (χ2v) is 5.29. The second-order valence-electron chi connectivity index (χ2n) is 5.29. The van der Waals surface area contributed by atoms with Crippen LogP contribution in [-0.4, -0.2) is 32.4 Å². The van der Waals surface area contributed by atoms with Crippen LogP contribution in [0.1, 0.15) is 38.9 Å². The van der Waals surface area contributed by atoms with E-state index >= 15 is 0 Å². The highest BCUT2D eigenvalue weighted by atomic mass is 16.5. The summed E-state index contributed by atoms with van der Waals surface area (Å²) in [5.74, 6) is 0. The van der Waals surface area contributed by atoms with Gasteiger partial charge in [0.15, 0.2) is 0 Å². The Morgan fingerprint density at radius 1 is 1.21 bits per heavy atom. The van der Waals surface area contributed by atoms with Gasteiger partial charge < -0.3 is 14.8 Å². The minimum Gasteiger partial charge on any atom is -0.379 e. The predicted molar refractivity (Wildman–Crippen MR) is 79.4 cm³/mol. The number of benzene rings is 1. The monoisotopic (exact) mass is 265 g/mol. The van der Waals surface area contributed by atoms with E-state index in [0.29, 0.717) is 6.61 Å². The molecule has 1 unspecified atom stereocenters. The molecule has 1 N–H and O–H groups in total. The molecule has 0 saturated carbocycles. The third kappa shape index (κ3) is 6.19. The van der Waals surface area contributed by atoms with Crippen LogP contribution in [0.4, 0.5) is 0 Å². The van der Waals surface area contributed by atoms with Crippen LogP contribution in [-0.2, 0) is 9.47 Å². The van der Waals surface area contributed by atoms with Gasteiger partial charge in [-0.1, -0.05) is 37.3 Å². The van der Waals surface area contributed by atoms with Gasteiger partial charge in [0.1, 0.15) is 0 Å². The van der Waals surface area contributed by atoms with Gasteiger partial charge in [0.25, 0.3) is 0 Å². The van der Waals surface area contributed by atoms with Gasteiger partial charge in [-0.2, -0.15) is 0 Å². The maximum Gasteiger partial charge on any atom is 0.0949 e. The largest absolute Gasteiger partial charge is 0.379 e. The Bertz CT molecular complexity index is 338. The summed E-state index contributed by atoms with van der Waals surface area (Å²) in [7, 11) is 1.74. The molecule has 0 saturated heterocycles. The van der Waals surface area contributed by atoms with E-state index in [-0.39, 0.29) is 11.7 Å². The molecule has 19 heavy (non-hydrogen) atoms. The van der Waals surface area contributed by atoms with Crippen LogP contribution in [0, 0.1) is 0 Å². The third-order valence-electron chi connectivity index (χ3n) is 3.33. The summed E-state index contributed by atoms with van der Waals surface area (Å²) in [4.78, 5) is 0. The normalized spacial score (nSPS) is 13.5. The molecule has 0 amide bonds. The Kier molecular flexibility index (Phi) is 7.06. The first-order valence-corrected chi connectivity index (χ1v) is 7.01. The first-order chi connectivity index (χ1) is 9.09. The Labute approximate surface area is 117 Å². The molecule has 0 heterocycles. The summed E-state index contributed by atoms with van der Waals surface area (Å²) in [6.45, 7) is 8.77. The van der Waals surface area contributed by atoms with Crippen LogP contribution >= 0.6 is 0 Å². The zero-order valence-corrected chi connectivity index (χ0v) is 12.6. The fourth-order valence-electron chi connectivity index (χ4n) is 1.77. The Morgan fingerprint density at radius 3 is 2.47 bits per heavy atom. The molecule has 0 aromatic heterocycles. The lowest BCUT2D eigenvalue weighted by molar-refractivity contribution is -0.0271. The molecule has 0 fully saturated rings. The van der Waals surface area contributed by atoms with Crippen LogP contribution in [0.5, 0.6) is 0 Å². The molecule has 0 spiro atoms. The molecule has 0 aliphatic carbocycles. The van der Waals surface area contributed by atoms with Crippen molar-refractivity contribution in [2.75, 3.05) is 26.8 Å². The average Bonchev–Trinajstić information content (AvgIpc) is 2.43. The lowest BCUT2D eigenvalue weighted by Crippen LogP contribution is -2.27. The van der Waals surface area contributed by atoms with Crippen molar-refractivity contribution in [2.45, 2.75) is 38.9 Å². The van der Waals surface area contributed by atoms with Gasteiger partial charge in [0.05, 0.1) is 18.3 Å². The average molecular weight is 265 g/mol. The zero-order chi connectivity index (χ0) is 14.1. The Morgan fingerprint density at radius 2 is 1.89 bits per heavy atom. The minimum atomic E-state index is -0.126. The molecule has 3 nitrogen and oxygen atoms in total. The number of hydrogen-bond acceptors (Lipinski definition) is 3. The van der Waals surface area contributed by atoms with Gasteiger partial charge in [-0.05, 0) is 32.4 Å². The van der Waals surface area contributed by atoms with Crippen LogP contribution < -0.4 is 5.32 Å². The van der Waals surface area contributed by atoms with Gasteiger partial charge in [-0.25, -0.2) is 0 Å². The summed E-state index contributed by atoms with van der Waals surface area (Å²) in [6.07, 6.45) is 0.993. The first-order valence-electron chi connectivity index (χ1n) is 7.01. The molecular formula is C16H27NO2. The molecule has 1 rings (SSSR count). The predicted octanol–water partition coefficient (Wildman–Crippen LogP) is 3.17. The minimum absolute atomic E-state index is 0.105. The molecule has 3 heteroatoms. The maximum atomic E-state index is 6.03. The van der Waals surface area contributed by atoms with E-state index in [0.717, 1.165) is 19.5 Å². The number of rotatable bonds is 9. The van der Waals surface area contributed by atoms with E-state index in [1.807, 2.05) is 6.07 Å². The SMILES string of the molecule is CCNCC(OCCC(C)(C)OC)c1ccccc1. The van der Waals surface area contributed by atoms with Gasteiger partial charge in [-0.3, -0.25) is 0 Å². The van der Waals surface area contributed by atoms with Crippen molar-refractivity contribution in [3.63, 3.8) is 0 Å². The first kappa shape index (κ1) is 16.2. The molecule has 0 bridgehead atoms. The molecular weight excluding hydrogens is 238 g/mol. The number of ether oxygens (including phenoxy) is 2. The van der Waals surface area contributed by atoms with Gasteiger partial charge >= 0.3 is 0 Å². The highest BCUT2D eigenvalue weighted by Gasteiger charge is 2.18. The quantitative estimate of drug-likeness (QED) is 0.744. The zero-order valence-electron chi connectivity index (χ0n) is 12.6. The van der Waals surface area contributed by atoms with Crippen molar-refractivity contribution in [1.29, 1.82) is 0 Å². The van der Waals surface area contributed by atoms with Gasteiger partial charge in [0.2, 0.25) is 0 Å². The molecule has 0 aliphatic rings. The summed E-state index contributed by atoms with van der Waals surface area (Å²) in [6, 6.07) is 10.4. The highest BCUT2D eigenvalue weighted by Crippen LogP contribution is 2.19. The van der Waals surface area contributed by atoms with Crippen molar-refractivity contribution in [3.05, 3.63) is 35.9 Å². The van der Waals surface area contributed by atoms with E-state index in [2.05, 4.69) is 50.4 Å². The maximum absolute atomic E-state index is 6.03. The summed E-state index contributed by atoms with van der Waals surface area (Å²) < 4.78 is 11.4. The van der Waals surface area contributed by atoms with Crippen LogP contribution in [0.25, 0.3) is 0 Å². The van der Waals surface area contributed by atoms with Crippen LogP contribution in [0.3, 0.4) is 0 Å². The van der Waals surface area contributed by atoms with Crippen molar-refractivity contribution >= 4 is 0 Å². The number of methoxy groups -OCH3 is 1. The molecule has 108 valence electrons. The van der Waals surface area contributed by atoms with E-state index < -0.39 is 0 Å². The lowest BCUT2D eigenvalue weighted by Gasteiger charge is -2.25. The van der Waals surface area contributed by atoms with E-state index in [4.69, 9.17) is 9.47 Å². The smallest absolute Gasteiger partial charge is 0.0949 e. The Hall–Kier alpha value is -0.900. The van der Waals surface area contributed by atoms with Crippen molar-refractivity contribution in [2.24, 2.45) is 0 Å². The van der Waals surface area contributed by atoms with E-state index in [1.165, 1.54) is 5.56 Å². The van der Waals surface area contributed by atoms with Crippen LogP contribution in [0.15, 0.2) is 30.3 Å². The topological polar surface area (TPSA) is 30.5 Å². The van der Waals surface area contributed by atoms with Crippen molar-refractivity contribution in [3.8, 4) is 0 Å². The molecule has 1 aromatic rings. The highest BCUT2D eigenvalue weighted by molar-refractivity contribution is 5.17. The fourth-order valence-corrected chi connectivity index (χ4v) is 1.77. The summed E-state index contributed by atoms with van der Waals surface area (Å²) in [5, 5.41) is 3.35. The van der Waals surface area contributed by atoms with Gasteiger partial charge in [0, 0.05) is 13.7 Å². The van der Waals surface area contributed by atoms with Crippen molar-refractivity contribution < 1.29 is 9.47 Å². The summed E-state index contributed by atoms with van der Waals surface area (Å²) >= 11 is 0. The lowest BCUT2D eigenvalue weighted by atomic mass is 10.1. The molecule has 0 radical (unpaired) electrons. The fraction of sp³-hybridized carbons (Fsp3) is 0.625. The molecule has 1 aromatic carbocycles. The molecule has 0 aliphatic heterocycles. The van der Waals surface area contributed by atoms with E-state index in [9.17, 15) is 0 Å². The third-order valence-corrected chi connectivity index (χ3v) is 3.33. The standard InChI is InChI=1S/C16H27NO2/c1-5-17-13-15(14-9-7-6-8-10-14)19-12-11-16(2,3)18-4/h6-10,15,17H,5,11-13H2,1-4H3. The molecule has 1 atom stereocenters. The van der Waals surface area contributed by atoms with Crippen LogP contribution in [0.2, 0.25) is 0 Å². The number of likely N-dealkylation sites (N-methyl/N-ethyl adjacent to an activating group) is 1. The van der Waals surface area contributed by atoms with Crippen molar-refractivity contribution in [1.82, 2.24) is 5.32 Å². The van der Waals surface area contributed by atoms with Gasteiger partial charge in [-0.15, -0.1) is 0 Å². The second kappa shape index (κ2) is 8.31. The number of nitrogens with one attached hydrogen (secondary N) is 1. The Balaban J connectivity index is 2.51. The number of hydrogen-bond donors (Lipinski definition) is 1.